The van der Waals surface area contributed by atoms with Crippen molar-refractivity contribution in [1.29, 1.82) is 0 Å². The van der Waals surface area contributed by atoms with E-state index in [-0.39, 0.29) is 11.3 Å². The van der Waals surface area contributed by atoms with E-state index >= 15 is 0 Å². The van der Waals surface area contributed by atoms with Gasteiger partial charge < -0.3 is 5.32 Å². The van der Waals surface area contributed by atoms with Crippen LogP contribution in [0.15, 0.2) is 54.6 Å². The van der Waals surface area contributed by atoms with Crippen LogP contribution >= 0.6 is 0 Å². The molecular weight excluding hydrogens is 270 g/mol. The highest BCUT2D eigenvalue weighted by atomic mass is 16.1. The van der Waals surface area contributed by atoms with Crippen molar-refractivity contribution in [1.82, 2.24) is 0 Å². The largest absolute Gasteiger partial charge is 0.323 e. The maximum Gasteiger partial charge on any atom is 0.248 e. The molecule has 0 aliphatic heterocycles. The molecule has 1 amide bonds. The van der Waals surface area contributed by atoms with Crippen LogP contribution in [0.2, 0.25) is 0 Å². The molecule has 0 unspecified atom stereocenters. The summed E-state index contributed by atoms with van der Waals surface area (Å²) in [6.45, 7) is 8.56. The maximum absolute atomic E-state index is 11.9. The van der Waals surface area contributed by atoms with Crippen LogP contribution in [0, 0.1) is 6.92 Å². The maximum atomic E-state index is 11.9. The smallest absolute Gasteiger partial charge is 0.248 e. The molecule has 0 aliphatic rings. The third-order valence-electron chi connectivity index (χ3n) is 3.52. The fraction of sp³-hybridized carbons (Fsp3) is 0.250. The van der Waals surface area contributed by atoms with Gasteiger partial charge in [-0.3, -0.25) is 4.79 Å². The SMILES string of the molecule is Cc1ccc(/C=C/C(=O)Nc2ccc(C(C)(C)C)cc2)cc1. The number of carbonyl (C=O) groups is 1. The van der Waals surface area contributed by atoms with Crippen molar-refractivity contribution < 1.29 is 4.79 Å². The number of carbonyl (C=O) groups excluding carboxylic acids is 1. The molecule has 0 heterocycles. The Kier molecular flexibility index (Phi) is 4.81. The molecular formula is C20H23NO. The number of rotatable bonds is 3. The Bertz CT molecular complexity index is 658. The van der Waals surface area contributed by atoms with E-state index < -0.39 is 0 Å². The zero-order valence-electron chi connectivity index (χ0n) is 13.7. The first-order valence-corrected chi connectivity index (χ1v) is 7.51. The van der Waals surface area contributed by atoms with Crippen molar-refractivity contribution in [3.05, 3.63) is 71.3 Å². The molecule has 1 N–H and O–H groups in total. The minimum absolute atomic E-state index is 0.119. The summed E-state index contributed by atoms with van der Waals surface area (Å²) >= 11 is 0. The Morgan fingerprint density at radius 2 is 1.55 bits per heavy atom. The molecule has 0 aromatic heterocycles. The lowest BCUT2D eigenvalue weighted by atomic mass is 9.87. The normalized spacial score (nSPS) is 11.6. The van der Waals surface area contributed by atoms with E-state index in [9.17, 15) is 4.79 Å². The molecule has 0 atom stereocenters. The second kappa shape index (κ2) is 6.61. The average molecular weight is 293 g/mol. The first kappa shape index (κ1) is 16.0. The number of benzene rings is 2. The van der Waals surface area contributed by atoms with E-state index in [2.05, 4.69) is 38.2 Å². The number of aryl methyl sites for hydroxylation is 1. The van der Waals surface area contributed by atoms with Gasteiger partial charge in [-0.2, -0.15) is 0 Å². The molecule has 0 saturated heterocycles. The molecule has 0 bridgehead atoms. The van der Waals surface area contributed by atoms with E-state index in [0.29, 0.717) is 0 Å². The highest BCUT2D eigenvalue weighted by Gasteiger charge is 2.12. The summed E-state index contributed by atoms with van der Waals surface area (Å²) in [6, 6.07) is 16.1. The van der Waals surface area contributed by atoms with Crippen molar-refractivity contribution in [3.63, 3.8) is 0 Å². The van der Waals surface area contributed by atoms with Crippen molar-refractivity contribution in [2.24, 2.45) is 0 Å². The molecule has 2 rings (SSSR count). The summed E-state index contributed by atoms with van der Waals surface area (Å²) in [5.41, 5.74) is 4.41. The lowest BCUT2D eigenvalue weighted by Crippen LogP contribution is -2.12. The second-order valence-corrected chi connectivity index (χ2v) is 6.56. The Morgan fingerprint density at radius 1 is 0.955 bits per heavy atom. The molecule has 0 radical (unpaired) electrons. The van der Waals surface area contributed by atoms with E-state index in [0.717, 1.165) is 11.3 Å². The minimum atomic E-state index is -0.121. The number of anilines is 1. The van der Waals surface area contributed by atoms with Crippen LogP contribution in [-0.4, -0.2) is 5.91 Å². The topological polar surface area (TPSA) is 29.1 Å². The lowest BCUT2D eigenvalue weighted by molar-refractivity contribution is -0.111. The Balaban J connectivity index is 1.98. The fourth-order valence-corrected chi connectivity index (χ4v) is 2.09. The zero-order chi connectivity index (χ0) is 16.2. The third kappa shape index (κ3) is 4.59. The van der Waals surface area contributed by atoms with Crippen molar-refractivity contribution in [2.45, 2.75) is 33.1 Å². The minimum Gasteiger partial charge on any atom is -0.323 e. The van der Waals surface area contributed by atoms with Gasteiger partial charge in [-0.15, -0.1) is 0 Å². The third-order valence-corrected chi connectivity index (χ3v) is 3.52. The quantitative estimate of drug-likeness (QED) is 0.797. The molecule has 2 heteroatoms. The Labute approximate surface area is 132 Å². The molecule has 0 spiro atoms. The highest BCUT2D eigenvalue weighted by Crippen LogP contribution is 2.23. The van der Waals surface area contributed by atoms with Gasteiger partial charge in [0.1, 0.15) is 0 Å². The highest BCUT2D eigenvalue weighted by molar-refractivity contribution is 6.01. The van der Waals surface area contributed by atoms with Crippen LogP contribution < -0.4 is 5.32 Å². The summed E-state index contributed by atoms with van der Waals surface area (Å²) in [6.07, 6.45) is 3.38. The fourth-order valence-electron chi connectivity index (χ4n) is 2.09. The molecule has 0 aliphatic carbocycles. The second-order valence-electron chi connectivity index (χ2n) is 6.56. The predicted octanol–water partition coefficient (Wildman–Crippen LogP) is 4.94. The first-order valence-electron chi connectivity index (χ1n) is 7.51. The lowest BCUT2D eigenvalue weighted by Gasteiger charge is -2.19. The molecule has 2 aromatic rings. The van der Waals surface area contributed by atoms with Gasteiger partial charge in [0.05, 0.1) is 0 Å². The van der Waals surface area contributed by atoms with Crippen LogP contribution in [0.3, 0.4) is 0 Å². The molecule has 0 saturated carbocycles. The van der Waals surface area contributed by atoms with Gasteiger partial charge in [0, 0.05) is 11.8 Å². The summed E-state index contributed by atoms with van der Waals surface area (Å²) in [7, 11) is 0. The van der Waals surface area contributed by atoms with E-state index in [1.165, 1.54) is 11.1 Å². The van der Waals surface area contributed by atoms with Crippen molar-refractivity contribution in [3.8, 4) is 0 Å². The van der Waals surface area contributed by atoms with Crippen LogP contribution in [0.1, 0.15) is 37.5 Å². The van der Waals surface area contributed by atoms with Gasteiger partial charge in [0.2, 0.25) is 5.91 Å². The predicted molar refractivity (Wildman–Crippen MR) is 94.0 cm³/mol. The number of hydrogen-bond donors (Lipinski definition) is 1. The van der Waals surface area contributed by atoms with Gasteiger partial charge in [0.25, 0.3) is 0 Å². The van der Waals surface area contributed by atoms with Gasteiger partial charge >= 0.3 is 0 Å². The number of hydrogen-bond acceptors (Lipinski definition) is 1. The van der Waals surface area contributed by atoms with Crippen LogP contribution in [0.25, 0.3) is 6.08 Å². The molecule has 0 fully saturated rings. The number of amides is 1. The van der Waals surface area contributed by atoms with Gasteiger partial charge in [-0.1, -0.05) is 62.7 Å². The average Bonchev–Trinajstić information content (AvgIpc) is 2.46. The summed E-state index contributed by atoms with van der Waals surface area (Å²) in [5, 5.41) is 2.88. The zero-order valence-corrected chi connectivity index (χ0v) is 13.7. The first-order chi connectivity index (χ1) is 10.3. The van der Waals surface area contributed by atoms with Gasteiger partial charge in [-0.25, -0.2) is 0 Å². The summed E-state index contributed by atoms with van der Waals surface area (Å²) < 4.78 is 0. The molecule has 2 aromatic carbocycles. The monoisotopic (exact) mass is 293 g/mol. The standard InChI is InChI=1S/C20H23NO/c1-15-5-7-16(8-6-15)9-14-19(22)21-18-12-10-17(11-13-18)20(2,3)4/h5-14H,1-4H3,(H,21,22)/b14-9+. The van der Waals surface area contributed by atoms with E-state index in [1.54, 1.807) is 6.08 Å². The molecule has 2 nitrogen and oxygen atoms in total. The van der Waals surface area contributed by atoms with Crippen LogP contribution in [0.4, 0.5) is 5.69 Å². The summed E-state index contributed by atoms with van der Waals surface area (Å²) in [4.78, 5) is 11.9. The van der Waals surface area contributed by atoms with Crippen molar-refractivity contribution in [2.75, 3.05) is 5.32 Å². The molecule has 22 heavy (non-hydrogen) atoms. The summed E-state index contributed by atoms with van der Waals surface area (Å²) in [5.74, 6) is -0.121. The van der Waals surface area contributed by atoms with Gasteiger partial charge in [0.15, 0.2) is 0 Å². The number of nitrogens with one attached hydrogen (secondary N) is 1. The van der Waals surface area contributed by atoms with Crippen molar-refractivity contribution >= 4 is 17.7 Å². The van der Waals surface area contributed by atoms with Crippen LogP contribution in [0.5, 0.6) is 0 Å². The van der Waals surface area contributed by atoms with E-state index in [4.69, 9.17) is 0 Å². The van der Waals surface area contributed by atoms with Crippen LogP contribution in [-0.2, 0) is 10.2 Å². The molecule has 114 valence electrons. The Hall–Kier alpha value is -2.35. The van der Waals surface area contributed by atoms with E-state index in [1.807, 2.05) is 49.4 Å². The van der Waals surface area contributed by atoms with Gasteiger partial charge in [-0.05, 0) is 41.7 Å². The Morgan fingerprint density at radius 3 is 2.09 bits per heavy atom.